The van der Waals surface area contributed by atoms with Gasteiger partial charge in [-0.05, 0) is 54.8 Å². The third kappa shape index (κ3) is 3.58. The summed E-state index contributed by atoms with van der Waals surface area (Å²) in [4.78, 5) is 48.7. The van der Waals surface area contributed by atoms with E-state index in [0.717, 1.165) is 28.2 Å². The molecule has 0 bridgehead atoms. The fourth-order valence-corrected chi connectivity index (χ4v) is 2.92. The van der Waals surface area contributed by atoms with Gasteiger partial charge in [-0.25, -0.2) is 9.69 Å². The molecule has 2 aromatic rings. The first kappa shape index (κ1) is 20.5. The molecule has 1 saturated heterocycles. The quantitative estimate of drug-likeness (QED) is 0.341. The van der Waals surface area contributed by atoms with Crippen LogP contribution < -0.4 is 15.0 Å². The Morgan fingerprint density at radius 2 is 1.83 bits per heavy atom. The van der Waals surface area contributed by atoms with Gasteiger partial charge in [0.25, 0.3) is 11.8 Å². The van der Waals surface area contributed by atoms with Crippen molar-refractivity contribution in [3.8, 4) is 11.5 Å². The molecule has 10 nitrogen and oxygen atoms in total. The molecule has 30 heavy (non-hydrogen) atoms. The smallest absolute Gasteiger partial charge is 0.335 e. The van der Waals surface area contributed by atoms with E-state index >= 15 is 0 Å². The normalized spacial score (nSPS) is 15.4. The number of phenolic OH excluding ortho intramolecular Hbond substituents is 1. The lowest BCUT2D eigenvalue weighted by Crippen LogP contribution is -2.54. The van der Waals surface area contributed by atoms with Crippen LogP contribution in [-0.4, -0.2) is 35.0 Å². The van der Waals surface area contributed by atoms with E-state index in [4.69, 9.17) is 4.74 Å². The zero-order chi connectivity index (χ0) is 22.2. The molecular weight excluding hydrogens is 394 g/mol. The maximum atomic E-state index is 12.9. The van der Waals surface area contributed by atoms with E-state index in [1.165, 1.54) is 13.2 Å². The maximum Gasteiger partial charge on any atom is 0.335 e. The van der Waals surface area contributed by atoms with Crippen molar-refractivity contribution in [3.05, 3.63) is 62.7 Å². The van der Waals surface area contributed by atoms with Gasteiger partial charge in [-0.3, -0.25) is 25.0 Å². The van der Waals surface area contributed by atoms with Crippen LogP contribution in [0, 0.1) is 24.0 Å². The number of rotatable bonds is 4. The maximum absolute atomic E-state index is 12.9. The second-order valence-corrected chi connectivity index (χ2v) is 6.57. The molecule has 0 atom stereocenters. The number of carbonyl (C=O) groups is 3. The number of nitrogens with one attached hydrogen (secondary N) is 1. The van der Waals surface area contributed by atoms with Crippen LogP contribution in [0.15, 0.2) is 35.9 Å². The number of nitro groups is 1. The van der Waals surface area contributed by atoms with Crippen molar-refractivity contribution in [2.75, 3.05) is 12.0 Å². The molecule has 1 fully saturated rings. The molecule has 0 unspecified atom stereocenters. The van der Waals surface area contributed by atoms with Gasteiger partial charge in [0.15, 0.2) is 5.75 Å². The number of barbiturate groups is 1. The third-order valence-electron chi connectivity index (χ3n) is 4.66. The minimum absolute atomic E-state index is 0.0595. The average Bonchev–Trinajstić information content (AvgIpc) is 2.68. The van der Waals surface area contributed by atoms with Crippen molar-refractivity contribution >= 4 is 35.3 Å². The van der Waals surface area contributed by atoms with Crippen LogP contribution in [-0.2, 0) is 9.59 Å². The lowest BCUT2D eigenvalue weighted by Gasteiger charge is -2.26. The van der Waals surface area contributed by atoms with E-state index in [-0.39, 0.29) is 17.0 Å². The summed E-state index contributed by atoms with van der Waals surface area (Å²) >= 11 is 0. The van der Waals surface area contributed by atoms with Gasteiger partial charge in [-0.2, -0.15) is 0 Å². The predicted molar refractivity (Wildman–Crippen MR) is 106 cm³/mol. The minimum atomic E-state index is -0.945. The number of amides is 4. The summed E-state index contributed by atoms with van der Waals surface area (Å²) in [6, 6.07) is 6.25. The Labute approximate surface area is 170 Å². The SMILES string of the molecule is COc1cc(/C=C2/C(=O)NC(=O)N(c3ccc(C)c(C)c3)C2=O)cc([N+](=O)[O-])c1O. The molecule has 4 amide bonds. The number of nitrogens with zero attached hydrogens (tertiary/aromatic N) is 2. The summed E-state index contributed by atoms with van der Waals surface area (Å²) in [6.45, 7) is 3.69. The number of phenols is 1. The molecular formula is C20H17N3O7. The molecule has 2 N–H and O–H groups in total. The van der Waals surface area contributed by atoms with Crippen molar-refractivity contribution in [1.29, 1.82) is 0 Å². The zero-order valence-corrected chi connectivity index (χ0v) is 16.3. The summed E-state index contributed by atoms with van der Waals surface area (Å²) in [5, 5.41) is 23.1. The molecule has 1 aliphatic heterocycles. The first-order chi connectivity index (χ1) is 14.1. The van der Waals surface area contributed by atoms with Gasteiger partial charge in [0.1, 0.15) is 5.57 Å². The van der Waals surface area contributed by atoms with E-state index in [1.807, 2.05) is 13.8 Å². The van der Waals surface area contributed by atoms with Gasteiger partial charge in [0.2, 0.25) is 5.75 Å². The Hall–Kier alpha value is -4.21. The van der Waals surface area contributed by atoms with Crippen LogP contribution >= 0.6 is 0 Å². The monoisotopic (exact) mass is 411 g/mol. The third-order valence-corrected chi connectivity index (χ3v) is 4.66. The number of hydrogen-bond donors (Lipinski definition) is 2. The number of benzene rings is 2. The number of ether oxygens (including phenoxy) is 1. The Kier molecular flexibility index (Phi) is 5.24. The number of nitro benzene ring substituents is 1. The number of imide groups is 2. The minimum Gasteiger partial charge on any atom is -0.500 e. The standard InChI is InChI=1S/C20H17N3O7/c1-10-4-5-13(6-11(10)2)22-19(26)14(18(25)21-20(22)27)7-12-8-15(23(28)29)17(24)16(9-12)30-3/h4-9,24H,1-3H3,(H,21,25,27)/b14-7-. The van der Waals surface area contributed by atoms with E-state index in [9.17, 15) is 29.6 Å². The summed E-state index contributed by atoms with van der Waals surface area (Å²) in [5.74, 6) is -2.72. The number of carbonyl (C=O) groups excluding carboxylic acids is 3. The van der Waals surface area contributed by atoms with E-state index in [2.05, 4.69) is 5.32 Å². The molecule has 0 aliphatic carbocycles. The van der Waals surface area contributed by atoms with Crippen LogP contribution in [0.4, 0.5) is 16.2 Å². The summed E-state index contributed by atoms with van der Waals surface area (Å²) in [7, 11) is 1.20. The van der Waals surface area contributed by atoms with E-state index in [0.29, 0.717) is 0 Å². The Morgan fingerprint density at radius 1 is 1.13 bits per heavy atom. The topological polar surface area (TPSA) is 139 Å². The largest absolute Gasteiger partial charge is 0.500 e. The molecule has 0 spiro atoms. The lowest BCUT2D eigenvalue weighted by atomic mass is 10.0. The number of anilines is 1. The Balaban J connectivity index is 2.10. The first-order valence-electron chi connectivity index (χ1n) is 8.68. The van der Waals surface area contributed by atoms with Gasteiger partial charge in [0, 0.05) is 6.07 Å². The molecule has 2 aromatic carbocycles. The summed E-state index contributed by atoms with van der Waals surface area (Å²) in [6.07, 6.45) is 1.09. The predicted octanol–water partition coefficient (Wildman–Crippen LogP) is 2.59. The molecule has 154 valence electrons. The van der Waals surface area contributed by atoms with Crippen LogP contribution in [0.25, 0.3) is 6.08 Å². The van der Waals surface area contributed by atoms with Crippen LogP contribution in [0.2, 0.25) is 0 Å². The molecule has 1 heterocycles. The first-order valence-corrected chi connectivity index (χ1v) is 8.68. The molecule has 0 aromatic heterocycles. The second kappa shape index (κ2) is 7.66. The lowest BCUT2D eigenvalue weighted by molar-refractivity contribution is -0.386. The molecule has 10 heteroatoms. The molecule has 0 radical (unpaired) electrons. The Morgan fingerprint density at radius 3 is 2.43 bits per heavy atom. The van der Waals surface area contributed by atoms with Gasteiger partial charge >= 0.3 is 11.7 Å². The van der Waals surface area contributed by atoms with E-state index in [1.54, 1.807) is 18.2 Å². The van der Waals surface area contributed by atoms with Crippen molar-refractivity contribution < 1.29 is 29.2 Å². The van der Waals surface area contributed by atoms with Crippen molar-refractivity contribution in [2.24, 2.45) is 0 Å². The average molecular weight is 411 g/mol. The highest BCUT2D eigenvalue weighted by molar-refractivity contribution is 6.39. The summed E-state index contributed by atoms with van der Waals surface area (Å²) < 4.78 is 4.92. The highest BCUT2D eigenvalue weighted by Crippen LogP contribution is 2.37. The molecule has 1 aliphatic rings. The highest BCUT2D eigenvalue weighted by atomic mass is 16.6. The summed E-state index contributed by atoms with van der Waals surface area (Å²) in [5.41, 5.74) is 1.06. The number of aryl methyl sites for hydroxylation is 2. The van der Waals surface area contributed by atoms with Crippen molar-refractivity contribution in [3.63, 3.8) is 0 Å². The van der Waals surface area contributed by atoms with Crippen LogP contribution in [0.5, 0.6) is 11.5 Å². The molecule has 3 rings (SSSR count). The van der Waals surface area contributed by atoms with Gasteiger partial charge < -0.3 is 9.84 Å². The van der Waals surface area contributed by atoms with E-state index < -0.39 is 39.8 Å². The fraction of sp³-hybridized carbons (Fsp3) is 0.150. The molecule has 0 saturated carbocycles. The second-order valence-electron chi connectivity index (χ2n) is 6.57. The number of hydrogen-bond acceptors (Lipinski definition) is 7. The van der Waals surface area contributed by atoms with Gasteiger partial charge in [-0.15, -0.1) is 0 Å². The van der Waals surface area contributed by atoms with Crippen molar-refractivity contribution in [2.45, 2.75) is 13.8 Å². The van der Waals surface area contributed by atoms with Crippen LogP contribution in [0.1, 0.15) is 16.7 Å². The van der Waals surface area contributed by atoms with Gasteiger partial charge in [-0.1, -0.05) is 6.07 Å². The van der Waals surface area contributed by atoms with Crippen LogP contribution in [0.3, 0.4) is 0 Å². The number of aromatic hydroxyl groups is 1. The number of urea groups is 1. The van der Waals surface area contributed by atoms with Crippen molar-refractivity contribution in [1.82, 2.24) is 5.32 Å². The Bertz CT molecular complexity index is 1140. The number of methoxy groups -OCH3 is 1. The van der Waals surface area contributed by atoms with Gasteiger partial charge in [0.05, 0.1) is 17.7 Å². The zero-order valence-electron chi connectivity index (χ0n) is 16.3. The fourth-order valence-electron chi connectivity index (χ4n) is 2.92. The highest BCUT2D eigenvalue weighted by Gasteiger charge is 2.37.